The van der Waals surface area contributed by atoms with E-state index in [9.17, 15) is 4.79 Å². The Morgan fingerprint density at radius 1 is 1.47 bits per heavy atom. The Morgan fingerprint density at radius 2 is 2.24 bits per heavy atom. The van der Waals surface area contributed by atoms with Crippen LogP contribution < -0.4 is 0 Å². The van der Waals surface area contributed by atoms with E-state index in [1.807, 2.05) is 39.0 Å². The molecule has 0 aliphatic heterocycles. The molecule has 4 nitrogen and oxygen atoms in total. The number of fused-ring (bicyclic) bond motifs is 1. The molecule has 90 valence electrons. The van der Waals surface area contributed by atoms with E-state index in [1.165, 1.54) is 0 Å². The number of para-hydroxylation sites is 1. The second kappa shape index (κ2) is 4.57. The van der Waals surface area contributed by atoms with Crippen molar-refractivity contribution in [1.29, 1.82) is 0 Å². The summed E-state index contributed by atoms with van der Waals surface area (Å²) in [6.07, 6.45) is 0.149. The van der Waals surface area contributed by atoms with Crippen LogP contribution in [0.25, 0.3) is 10.9 Å². The van der Waals surface area contributed by atoms with Crippen LogP contribution in [0.15, 0.2) is 18.2 Å². The summed E-state index contributed by atoms with van der Waals surface area (Å²) < 4.78 is 5.12. The maximum absolute atomic E-state index is 11.6. The molecule has 0 radical (unpaired) electrons. The van der Waals surface area contributed by atoms with Gasteiger partial charge in [-0.25, -0.2) is 0 Å². The van der Waals surface area contributed by atoms with Crippen molar-refractivity contribution in [1.82, 2.24) is 10.2 Å². The first-order valence-corrected chi connectivity index (χ1v) is 5.70. The molecule has 1 N–H and O–H groups in total. The van der Waals surface area contributed by atoms with E-state index in [1.54, 1.807) is 0 Å². The van der Waals surface area contributed by atoms with Gasteiger partial charge in [-0.1, -0.05) is 18.2 Å². The summed E-state index contributed by atoms with van der Waals surface area (Å²) >= 11 is 0. The number of ether oxygens (including phenoxy) is 1. The summed E-state index contributed by atoms with van der Waals surface area (Å²) in [5, 5.41) is 8.12. The molecule has 1 aromatic heterocycles. The number of H-pyrrole nitrogens is 1. The van der Waals surface area contributed by atoms with Gasteiger partial charge in [-0.2, -0.15) is 5.10 Å². The zero-order valence-electron chi connectivity index (χ0n) is 10.3. The molecule has 2 rings (SSSR count). The number of aryl methyl sites for hydroxylation is 1. The SMILES string of the molecule is Cc1cccc2c(CC(=O)OC(C)C)[nH]nc12. The molecule has 0 amide bonds. The molecule has 0 aliphatic carbocycles. The molecule has 1 aromatic carbocycles. The van der Waals surface area contributed by atoms with Crippen LogP contribution in [0.4, 0.5) is 0 Å². The first-order chi connectivity index (χ1) is 8.08. The lowest BCUT2D eigenvalue weighted by molar-refractivity contribution is -0.146. The van der Waals surface area contributed by atoms with E-state index in [0.29, 0.717) is 0 Å². The number of carbonyl (C=O) groups excluding carboxylic acids is 1. The van der Waals surface area contributed by atoms with E-state index in [2.05, 4.69) is 10.2 Å². The minimum Gasteiger partial charge on any atom is -0.463 e. The smallest absolute Gasteiger partial charge is 0.312 e. The first-order valence-electron chi connectivity index (χ1n) is 5.70. The van der Waals surface area contributed by atoms with E-state index in [0.717, 1.165) is 22.2 Å². The fourth-order valence-corrected chi connectivity index (χ4v) is 1.82. The van der Waals surface area contributed by atoms with Gasteiger partial charge in [-0.15, -0.1) is 0 Å². The molecule has 4 heteroatoms. The number of nitrogens with one attached hydrogen (secondary N) is 1. The molecular weight excluding hydrogens is 216 g/mol. The molecule has 0 spiro atoms. The molecule has 0 saturated heterocycles. The number of aromatic nitrogens is 2. The van der Waals surface area contributed by atoms with Gasteiger partial charge in [0, 0.05) is 5.39 Å². The average Bonchev–Trinajstić information content (AvgIpc) is 2.62. The summed E-state index contributed by atoms with van der Waals surface area (Å²) in [7, 11) is 0. The van der Waals surface area contributed by atoms with Gasteiger partial charge in [0.15, 0.2) is 0 Å². The monoisotopic (exact) mass is 232 g/mol. The predicted octanol–water partition coefficient (Wildman–Crippen LogP) is 2.37. The lowest BCUT2D eigenvalue weighted by atomic mass is 10.1. The highest BCUT2D eigenvalue weighted by atomic mass is 16.5. The third-order valence-corrected chi connectivity index (χ3v) is 2.55. The number of hydrogen-bond acceptors (Lipinski definition) is 3. The number of esters is 1. The Hall–Kier alpha value is -1.84. The Kier molecular flexibility index (Phi) is 3.13. The quantitative estimate of drug-likeness (QED) is 0.826. The van der Waals surface area contributed by atoms with Crippen molar-refractivity contribution in [2.45, 2.75) is 33.3 Å². The molecule has 0 unspecified atom stereocenters. The van der Waals surface area contributed by atoms with Crippen LogP contribution in [-0.2, 0) is 16.0 Å². The molecule has 2 aromatic rings. The van der Waals surface area contributed by atoms with Crippen molar-refractivity contribution in [3.8, 4) is 0 Å². The van der Waals surface area contributed by atoms with Gasteiger partial charge < -0.3 is 4.74 Å². The van der Waals surface area contributed by atoms with Gasteiger partial charge in [0.2, 0.25) is 0 Å². The zero-order chi connectivity index (χ0) is 12.4. The van der Waals surface area contributed by atoms with E-state index in [-0.39, 0.29) is 18.5 Å². The van der Waals surface area contributed by atoms with E-state index in [4.69, 9.17) is 4.74 Å². The second-order valence-corrected chi connectivity index (χ2v) is 4.39. The number of benzene rings is 1. The summed E-state index contributed by atoms with van der Waals surface area (Å²) in [6.45, 7) is 5.68. The molecule has 0 bridgehead atoms. The third kappa shape index (κ3) is 2.46. The third-order valence-electron chi connectivity index (χ3n) is 2.55. The Labute approximate surface area is 100.0 Å². The van der Waals surface area contributed by atoms with E-state index < -0.39 is 0 Å². The Balaban J connectivity index is 2.25. The molecule has 0 atom stereocenters. The normalized spacial score (nSPS) is 11.1. The van der Waals surface area contributed by atoms with Crippen molar-refractivity contribution in [3.05, 3.63) is 29.5 Å². The van der Waals surface area contributed by atoms with Gasteiger partial charge in [0.05, 0.1) is 23.7 Å². The van der Waals surface area contributed by atoms with Gasteiger partial charge >= 0.3 is 5.97 Å². The Bertz CT molecular complexity index is 543. The van der Waals surface area contributed by atoms with Crippen LogP contribution >= 0.6 is 0 Å². The van der Waals surface area contributed by atoms with Gasteiger partial charge in [-0.05, 0) is 26.3 Å². The Morgan fingerprint density at radius 3 is 2.94 bits per heavy atom. The summed E-state index contributed by atoms with van der Waals surface area (Å²) in [6, 6.07) is 5.92. The number of aromatic amines is 1. The maximum atomic E-state index is 11.6. The number of nitrogens with zero attached hydrogens (tertiary/aromatic N) is 1. The average molecular weight is 232 g/mol. The molecular formula is C13H16N2O2. The largest absolute Gasteiger partial charge is 0.463 e. The van der Waals surface area contributed by atoms with Crippen LogP contribution in [0.3, 0.4) is 0 Å². The molecule has 0 aliphatic rings. The van der Waals surface area contributed by atoms with Gasteiger partial charge in [0.1, 0.15) is 0 Å². The van der Waals surface area contributed by atoms with Crippen molar-refractivity contribution >= 4 is 16.9 Å². The highest BCUT2D eigenvalue weighted by Crippen LogP contribution is 2.19. The fraction of sp³-hybridized carbons (Fsp3) is 0.385. The minimum absolute atomic E-state index is 0.0848. The first kappa shape index (κ1) is 11.6. The van der Waals surface area contributed by atoms with Crippen LogP contribution in [0.1, 0.15) is 25.1 Å². The molecule has 0 fully saturated rings. The topological polar surface area (TPSA) is 55.0 Å². The van der Waals surface area contributed by atoms with Gasteiger partial charge in [-0.3, -0.25) is 9.89 Å². The van der Waals surface area contributed by atoms with Crippen molar-refractivity contribution < 1.29 is 9.53 Å². The van der Waals surface area contributed by atoms with E-state index >= 15 is 0 Å². The predicted molar refractivity (Wildman–Crippen MR) is 65.8 cm³/mol. The van der Waals surface area contributed by atoms with Crippen molar-refractivity contribution in [2.24, 2.45) is 0 Å². The summed E-state index contributed by atoms with van der Waals surface area (Å²) in [5.74, 6) is -0.230. The van der Waals surface area contributed by atoms with Crippen LogP contribution in [0, 0.1) is 6.92 Å². The maximum Gasteiger partial charge on any atom is 0.312 e. The number of carbonyl (C=O) groups is 1. The number of hydrogen-bond donors (Lipinski definition) is 1. The van der Waals surface area contributed by atoms with Crippen LogP contribution in [0.2, 0.25) is 0 Å². The lowest BCUT2D eigenvalue weighted by Crippen LogP contribution is -2.13. The fourth-order valence-electron chi connectivity index (χ4n) is 1.82. The summed E-state index contributed by atoms with van der Waals surface area (Å²) in [4.78, 5) is 11.6. The highest BCUT2D eigenvalue weighted by molar-refractivity contribution is 5.87. The minimum atomic E-state index is -0.230. The molecule has 1 heterocycles. The molecule has 0 saturated carbocycles. The standard InChI is InChI=1S/C13H16N2O2/c1-8(2)17-12(16)7-11-10-6-4-5-9(3)13(10)15-14-11/h4-6,8H,7H2,1-3H3,(H,14,15). The van der Waals surface area contributed by atoms with Gasteiger partial charge in [0.25, 0.3) is 0 Å². The highest BCUT2D eigenvalue weighted by Gasteiger charge is 2.12. The number of rotatable bonds is 3. The van der Waals surface area contributed by atoms with Crippen molar-refractivity contribution in [3.63, 3.8) is 0 Å². The second-order valence-electron chi connectivity index (χ2n) is 4.39. The lowest BCUT2D eigenvalue weighted by Gasteiger charge is -2.06. The zero-order valence-corrected chi connectivity index (χ0v) is 10.3. The van der Waals surface area contributed by atoms with Crippen molar-refractivity contribution in [2.75, 3.05) is 0 Å². The summed E-state index contributed by atoms with van der Waals surface area (Å²) in [5.41, 5.74) is 2.83. The van der Waals surface area contributed by atoms with Crippen LogP contribution in [-0.4, -0.2) is 22.3 Å². The molecule has 17 heavy (non-hydrogen) atoms. The van der Waals surface area contributed by atoms with Crippen LogP contribution in [0.5, 0.6) is 0 Å².